The smallest absolute Gasteiger partial charge is 1.00 e. The van der Waals surface area contributed by atoms with Gasteiger partial charge in [-0.3, -0.25) is 0 Å². The summed E-state index contributed by atoms with van der Waals surface area (Å²) in [5, 5.41) is 0. The van der Waals surface area contributed by atoms with E-state index in [9.17, 15) is 0 Å². The molecule has 0 saturated carbocycles. The van der Waals surface area contributed by atoms with Gasteiger partial charge in [0.2, 0.25) is 0 Å². The molecule has 0 fully saturated rings. The quantitative estimate of drug-likeness (QED) is 0.363. The summed E-state index contributed by atoms with van der Waals surface area (Å²) < 4.78 is 0. The first kappa shape index (κ1) is 27.1. The zero-order valence-electron chi connectivity index (χ0n) is 2.17. The summed E-state index contributed by atoms with van der Waals surface area (Å²) in [6, 6.07) is 0. The van der Waals surface area contributed by atoms with E-state index in [1.165, 1.54) is 0 Å². The minimum atomic E-state index is 0. The monoisotopic (exact) mass is 230 g/mol. The summed E-state index contributed by atoms with van der Waals surface area (Å²) >= 11 is 0. The molecule has 16 valence electrons. The van der Waals surface area contributed by atoms with Crippen molar-refractivity contribution in [3.05, 3.63) is 0 Å². The van der Waals surface area contributed by atoms with Crippen LogP contribution >= 0.6 is 0 Å². The third kappa shape index (κ3) is 8.95. The maximum atomic E-state index is 0. The van der Waals surface area contributed by atoms with Crippen LogP contribution in [0.5, 0.6) is 0 Å². The van der Waals surface area contributed by atoms with E-state index in [1.807, 2.05) is 0 Å². The van der Waals surface area contributed by atoms with Gasteiger partial charge in [0, 0.05) is 0 Å². The Morgan fingerprint density at radius 1 is 0.750 bits per heavy atom. The van der Waals surface area contributed by atoms with Crippen molar-refractivity contribution in [3.8, 4) is 0 Å². The van der Waals surface area contributed by atoms with Gasteiger partial charge in [-0.25, -0.2) is 0 Å². The van der Waals surface area contributed by atoms with Gasteiger partial charge in [0.25, 0.3) is 0 Å². The molecule has 0 aromatic rings. The van der Waals surface area contributed by atoms with Crippen molar-refractivity contribution >= 4 is 91.0 Å². The largest absolute Gasteiger partial charge is 2.00 e. The minimum absolute atomic E-state index is 0. The molecule has 0 rings (SSSR count). The summed E-state index contributed by atoms with van der Waals surface area (Å²) in [6.07, 6.45) is 0. The standard InChI is InChI=1S/ClH.FH.2Sr/h2*1H;;/q;;2*+2/p-2. The summed E-state index contributed by atoms with van der Waals surface area (Å²) in [4.78, 5) is 0. The molecule has 0 radical (unpaired) electrons. The van der Waals surface area contributed by atoms with Crippen LogP contribution in [-0.4, -0.2) is 91.0 Å². The van der Waals surface area contributed by atoms with Crippen molar-refractivity contribution in [2.75, 3.05) is 0 Å². The summed E-state index contributed by atoms with van der Waals surface area (Å²) in [7, 11) is 0. The van der Waals surface area contributed by atoms with E-state index in [0.29, 0.717) is 0 Å². The Morgan fingerprint density at radius 3 is 0.750 bits per heavy atom. The van der Waals surface area contributed by atoms with Crippen molar-refractivity contribution < 1.29 is 17.1 Å². The molecule has 0 atom stereocenters. The maximum absolute atomic E-state index is 0. The van der Waals surface area contributed by atoms with Crippen molar-refractivity contribution in [3.63, 3.8) is 0 Å². The molecule has 0 aromatic carbocycles. The zero-order valence-corrected chi connectivity index (χ0v) is 9.88. The van der Waals surface area contributed by atoms with E-state index in [-0.39, 0.29) is 108 Å². The Morgan fingerprint density at radius 2 is 0.750 bits per heavy atom. The molecule has 0 aliphatic carbocycles. The van der Waals surface area contributed by atoms with Crippen molar-refractivity contribution in [2.45, 2.75) is 0 Å². The van der Waals surface area contributed by atoms with Gasteiger partial charge in [-0.1, -0.05) is 0 Å². The molecular formula is ClFSr2+2. The van der Waals surface area contributed by atoms with E-state index in [0.717, 1.165) is 0 Å². The molecule has 4 heavy (non-hydrogen) atoms. The van der Waals surface area contributed by atoms with E-state index in [1.54, 1.807) is 0 Å². The fourth-order valence-corrected chi connectivity index (χ4v) is 0. The van der Waals surface area contributed by atoms with Crippen molar-refractivity contribution in [2.24, 2.45) is 0 Å². The van der Waals surface area contributed by atoms with Crippen LogP contribution in [0.4, 0.5) is 0 Å². The molecule has 0 aromatic heterocycles. The first-order valence-corrected chi connectivity index (χ1v) is 0. The van der Waals surface area contributed by atoms with Gasteiger partial charge in [-0.15, -0.1) is 0 Å². The van der Waals surface area contributed by atoms with Crippen molar-refractivity contribution in [1.82, 2.24) is 0 Å². The maximum Gasteiger partial charge on any atom is 2.00 e. The van der Waals surface area contributed by atoms with Crippen LogP contribution in [-0.2, 0) is 0 Å². The Bertz CT molecular complexity index is 6.00. The molecule has 0 saturated heterocycles. The predicted octanol–water partition coefficient (Wildman–Crippen LogP) is -6.75. The molecule has 0 aliphatic heterocycles. The van der Waals surface area contributed by atoms with Crippen LogP contribution in [0.3, 0.4) is 0 Å². The second-order valence-corrected chi connectivity index (χ2v) is 0. The van der Waals surface area contributed by atoms with Gasteiger partial charge in [-0.2, -0.15) is 0 Å². The number of rotatable bonds is 0. The van der Waals surface area contributed by atoms with Crippen LogP contribution in [0.2, 0.25) is 0 Å². The average Bonchev–Trinajstić information content (AvgIpc) is 0. The van der Waals surface area contributed by atoms with Crippen LogP contribution in [0, 0.1) is 0 Å². The first-order valence-electron chi connectivity index (χ1n) is 0. The zero-order chi connectivity index (χ0) is 0. The fourth-order valence-electron chi connectivity index (χ4n) is 0. The average molecular weight is 230 g/mol. The molecule has 4 heteroatoms. The molecule has 0 unspecified atom stereocenters. The van der Waals surface area contributed by atoms with Crippen LogP contribution < -0.4 is 17.1 Å². The third-order valence-corrected chi connectivity index (χ3v) is 0. The van der Waals surface area contributed by atoms with E-state index < -0.39 is 0 Å². The molecule has 0 heterocycles. The van der Waals surface area contributed by atoms with E-state index >= 15 is 0 Å². The fraction of sp³-hybridized carbons (Fsp3) is 0. The van der Waals surface area contributed by atoms with Crippen LogP contribution in [0.15, 0.2) is 0 Å². The van der Waals surface area contributed by atoms with Gasteiger partial charge < -0.3 is 17.1 Å². The second-order valence-electron chi connectivity index (χ2n) is 0. The van der Waals surface area contributed by atoms with Gasteiger partial charge in [-0.05, 0) is 0 Å². The van der Waals surface area contributed by atoms with E-state index in [4.69, 9.17) is 0 Å². The topological polar surface area (TPSA) is 0 Å². The first-order chi connectivity index (χ1) is 0. The molecule has 0 nitrogen and oxygen atoms in total. The third-order valence-electron chi connectivity index (χ3n) is 0. The summed E-state index contributed by atoms with van der Waals surface area (Å²) in [5.74, 6) is 0. The second kappa shape index (κ2) is 16.4. The molecular weight excluding hydrogens is 230 g/mol. The number of halogens is 2. The van der Waals surface area contributed by atoms with Gasteiger partial charge in [0.05, 0.1) is 0 Å². The van der Waals surface area contributed by atoms with Crippen molar-refractivity contribution in [1.29, 1.82) is 0 Å². The van der Waals surface area contributed by atoms with Crippen LogP contribution in [0.1, 0.15) is 0 Å². The minimum Gasteiger partial charge on any atom is -1.00 e. The van der Waals surface area contributed by atoms with Gasteiger partial charge >= 0.3 is 91.0 Å². The van der Waals surface area contributed by atoms with Gasteiger partial charge in [0.15, 0.2) is 0 Å². The SMILES string of the molecule is [Cl-].[F-].[Sr+2].[Sr+2]. The summed E-state index contributed by atoms with van der Waals surface area (Å²) in [6.45, 7) is 0. The normalized spacial score (nSPS) is 0. The number of hydrogen-bond acceptors (Lipinski definition) is 0. The van der Waals surface area contributed by atoms with Gasteiger partial charge in [0.1, 0.15) is 0 Å². The Kier molecular flexibility index (Phi) is 111. The summed E-state index contributed by atoms with van der Waals surface area (Å²) in [5.41, 5.74) is 0. The molecule has 0 aliphatic rings. The molecule has 0 amide bonds. The Balaban J connectivity index is 0. The van der Waals surface area contributed by atoms with E-state index in [2.05, 4.69) is 0 Å². The Hall–Kier alpha value is 3.18. The predicted molar refractivity (Wildman–Crippen MR) is 11.5 cm³/mol. The van der Waals surface area contributed by atoms with Crippen LogP contribution in [0.25, 0.3) is 0 Å². The number of hydrogen-bond donors (Lipinski definition) is 0. The molecule has 0 bridgehead atoms. The molecule has 0 N–H and O–H groups in total. The Labute approximate surface area is 105 Å². The molecule has 0 spiro atoms.